The second kappa shape index (κ2) is 11.4. The summed E-state index contributed by atoms with van der Waals surface area (Å²) in [7, 11) is 0. The Morgan fingerprint density at radius 2 is 1.60 bits per heavy atom. The number of carbonyl (C=O) groups excluding carboxylic acids is 1. The molecule has 1 saturated carbocycles. The van der Waals surface area contributed by atoms with Crippen LogP contribution in [0.5, 0.6) is 11.5 Å². The average molecular weight is 573 g/mol. The quantitative estimate of drug-likeness (QED) is 0.163. The number of hydrogen-bond donors (Lipinski definition) is 2. The summed E-state index contributed by atoms with van der Waals surface area (Å²) >= 11 is 0. The predicted octanol–water partition coefficient (Wildman–Crippen LogP) is 9.86. The Balaban J connectivity index is 1.30. The first-order valence-corrected chi connectivity index (χ1v) is 15.9. The highest BCUT2D eigenvalue weighted by Crippen LogP contribution is 2.59. The van der Waals surface area contributed by atoms with Gasteiger partial charge in [0.25, 0.3) is 0 Å². The van der Waals surface area contributed by atoms with Crippen molar-refractivity contribution < 1.29 is 14.3 Å². The van der Waals surface area contributed by atoms with E-state index in [4.69, 9.17) is 9.47 Å². The molecule has 0 saturated heterocycles. The number of fused-ring (bicyclic) bond motifs is 6. The number of ether oxygens (including phenoxy) is 2. The van der Waals surface area contributed by atoms with Crippen LogP contribution < -0.4 is 15.4 Å². The Labute approximate surface area is 254 Å². The molecule has 4 aromatic carbocycles. The van der Waals surface area contributed by atoms with Gasteiger partial charge in [0.1, 0.15) is 11.5 Å². The average Bonchev–Trinajstić information content (AvgIpc) is 3.32. The number of nitrogens with one attached hydrogen (secondary N) is 2. The molecule has 2 aliphatic heterocycles. The van der Waals surface area contributed by atoms with Gasteiger partial charge in [-0.1, -0.05) is 75.1 Å². The number of hydrogen-bond acceptors (Lipinski definition) is 5. The number of aryl methyl sites for hydroxylation is 1. The molecule has 2 N–H and O–H groups in total. The van der Waals surface area contributed by atoms with Crippen LogP contribution in [0.15, 0.2) is 84.9 Å². The Bertz CT molecular complexity index is 1640. The van der Waals surface area contributed by atoms with Crippen LogP contribution in [0.3, 0.4) is 0 Å². The Hall–Kier alpha value is -4.25. The minimum Gasteiger partial charge on any atom is -0.456 e. The topological polar surface area (TPSA) is 59.6 Å². The van der Waals surface area contributed by atoms with Crippen LogP contribution in [-0.2, 0) is 10.3 Å². The van der Waals surface area contributed by atoms with E-state index in [1.54, 1.807) is 0 Å². The molecule has 5 nitrogen and oxygen atoms in total. The summed E-state index contributed by atoms with van der Waals surface area (Å²) in [6.45, 7) is 4.35. The molecule has 0 bridgehead atoms. The lowest BCUT2D eigenvalue weighted by atomic mass is 9.76. The van der Waals surface area contributed by atoms with Gasteiger partial charge in [0, 0.05) is 34.2 Å². The molecular weight excluding hydrogens is 532 g/mol. The molecule has 43 heavy (non-hydrogen) atoms. The zero-order valence-corrected chi connectivity index (χ0v) is 25.1. The first-order chi connectivity index (χ1) is 21.1. The zero-order chi connectivity index (χ0) is 29.4. The van der Waals surface area contributed by atoms with Crippen molar-refractivity contribution in [1.29, 1.82) is 0 Å². The summed E-state index contributed by atoms with van der Waals surface area (Å²) in [5.74, 6) is 1.95. The lowest BCUT2D eigenvalue weighted by Gasteiger charge is -2.39. The summed E-state index contributed by atoms with van der Waals surface area (Å²) in [5.41, 5.74) is 5.99. The summed E-state index contributed by atoms with van der Waals surface area (Å²) in [6, 6.07) is 28.6. The maximum absolute atomic E-state index is 13.5. The van der Waals surface area contributed by atoms with E-state index in [1.165, 1.54) is 38.5 Å². The van der Waals surface area contributed by atoms with Crippen LogP contribution in [0.2, 0.25) is 0 Å². The molecule has 0 amide bonds. The molecule has 5 heteroatoms. The van der Waals surface area contributed by atoms with E-state index >= 15 is 0 Å². The molecule has 1 spiro atoms. The van der Waals surface area contributed by atoms with Crippen molar-refractivity contribution in [2.24, 2.45) is 5.92 Å². The largest absolute Gasteiger partial charge is 0.456 e. The van der Waals surface area contributed by atoms with Crippen LogP contribution in [0.4, 0.5) is 17.1 Å². The zero-order valence-electron chi connectivity index (χ0n) is 25.1. The first kappa shape index (κ1) is 27.6. The van der Waals surface area contributed by atoms with Gasteiger partial charge in [-0.3, -0.25) is 0 Å². The fraction of sp³-hybridized carbons (Fsp3) is 0.342. The van der Waals surface area contributed by atoms with Crippen LogP contribution in [0.1, 0.15) is 90.9 Å². The molecule has 7 rings (SSSR count). The summed E-state index contributed by atoms with van der Waals surface area (Å²) in [5, 5.41) is 7.48. The van der Waals surface area contributed by atoms with E-state index in [9.17, 15) is 4.79 Å². The lowest BCUT2D eigenvalue weighted by molar-refractivity contribution is 0.0226. The van der Waals surface area contributed by atoms with Crippen LogP contribution in [-0.4, -0.2) is 12.0 Å². The molecular formula is C38H40N2O3. The number of anilines is 3. The van der Waals surface area contributed by atoms with Crippen molar-refractivity contribution in [2.45, 2.75) is 76.9 Å². The summed E-state index contributed by atoms with van der Waals surface area (Å²) in [4.78, 5) is 13.5. The number of esters is 1. The fourth-order valence-electron chi connectivity index (χ4n) is 7.31. The second-order valence-electron chi connectivity index (χ2n) is 12.4. The summed E-state index contributed by atoms with van der Waals surface area (Å²) in [6.07, 6.45) is 10.1. The SMILES string of the molecule is CCCCCC1CCC(Nc2cccc3c2C2(OC(=O)c4ccccc42)c2cc(Nc4ccccc4)c(C)cc2O3)CC1. The van der Waals surface area contributed by atoms with Crippen molar-refractivity contribution >= 4 is 23.0 Å². The van der Waals surface area contributed by atoms with Crippen molar-refractivity contribution in [3.63, 3.8) is 0 Å². The van der Waals surface area contributed by atoms with Gasteiger partial charge in [-0.2, -0.15) is 0 Å². The van der Waals surface area contributed by atoms with Crippen molar-refractivity contribution in [3.05, 3.63) is 113 Å². The van der Waals surface area contributed by atoms with Crippen LogP contribution >= 0.6 is 0 Å². The van der Waals surface area contributed by atoms with Gasteiger partial charge in [-0.05, 0) is 86.6 Å². The number of para-hydroxylation sites is 1. The molecule has 0 radical (unpaired) electrons. The van der Waals surface area contributed by atoms with Crippen molar-refractivity contribution in [3.8, 4) is 11.5 Å². The van der Waals surface area contributed by atoms with Crippen LogP contribution in [0.25, 0.3) is 0 Å². The molecule has 1 aliphatic carbocycles. The van der Waals surface area contributed by atoms with Crippen LogP contribution in [0, 0.1) is 12.8 Å². The maximum Gasteiger partial charge on any atom is 0.340 e. The van der Waals surface area contributed by atoms with E-state index in [2.05, 4.69) is 42.7 Å². The number of benzene rings is 4. The van der Waals surface area contributed by atoms with Gasteiger partial charge in [0.05, 0.1) is 11.1 Å². The molecule has 1 atom stereocenters. The fourth-order valence-corrected chi connectivity index (χ4v) is 7.31. The monoisotopic (exact) mass is 572 g/mol. The highest BCUT2D eigenvalue weighted by molar-refractivity contribution is 5.97. The normalized spacial score (nSPS) is 21.8. The lowest BCUT2D eigenvalue weighted by Crippen LogP contribution is -2.35. The third kappa shape index (κ3) is 4.95. The molecule has 2 heterocycles. The second-order valence-corrected chi connectivity index (χ2v) is 12.4. The molecule has 0 aromatic heterocycles. The van der Waals surface area contributed by atoms with E-state index < -0.39 is 5.60 Å². The highest BCUT2D eigenvalue weighted by Gasteiger charge is 2.55. The van der Waals surface area contributed by atoms with E-state index in [0.29, 0.717) is 17.4 Å². The Morgan fingerprint density at radius 3 is 2.42 bits per heavy atom. The standard InChI is InChI=1S/C38H40N2O3/c1-3-4-6-12-26-19-21-28(22-20-26)39-32-17-11-18-34-36(32)38(30-16-10-9-15-29(30)37(41)43-38)31-24-33(25(2)23-35(31)42-34)40-27-13-7-5-8-14-27/h5,7-11,13-18,23-24,26,28,39-40H,3-4,6,12,19-22H2,1-2H3. The van der Waals surface area contributed by atoms with Gasteiger partial charge < -0.3 is 20.1 Å². The molecule has 4 aromatic rings. The predicted molar refractivity (Wildman–Crippen MR) is 173 cm³/mol. The Kier molecular flexibility index (Phi) is 7.34. The van der Waals surface area contributed by atoms with Gasteiger partial charge in [0.2, 0.25) is 0 Å². The molecule has 3 aliphatic rings. The van der Waals surface area contributed by atoms with E-state index in [1.807, 2.05) is 66.7 Å². The number of carbonyl (C=O) groups is 1. The van der Waals surface area contributed by atoms with Crippen molar-refractivity contribution in [1.82, 2.24) is 0 Å². The molecule has 1 unspecified atom stereocenters. The molecule has 1 fully saturated rings. The van der Waals surface area contributed by atoms with Gasteiger partial charge in [-0.15, -0.1) is 0 Å². The highest BCUT2D eigenvalue weighted by atomic mass is 16.6. The number of rotatable bonds is 8. The summed E-state index contributed by atoms with van der Waals surface area (Å²) < 4.78 is 13.2. The minimum absolute atomic E-state index is 0.310. The third-order valence-corrected chi connectivity index (χ3v) is 9.55. The third-order valence-electron chi connectivity index (χ3n) is 9.55. The van der Waals surface area contributed by atoms with E-state index in [-0.39, 0.29) is 5.97 Å². The van der Waals surface area contributed by atoms with Gasteiger partial charge >= 0.3 is 5.97 Å². The maximum atomic E-state index is 13.5. The van der Waals surface area contributed by atoms with Gasteiger partial charge in [0.15, 0.2) is 5.60 Å². The van der Waals surface area contributed by atoms with Crippen molar-refractivity contribution in [2.75, 3.05) is 10.6 Å². The van der Waals surface area contributed by atoms with Gasteiger partial charge in [-0.25, -0.2) is 4.79 Å². The molecule has 220 valence electrons. The number of unbranched alkanes of at least 4 members (excludes halogenated alkanes) is 2. The Morgan fingerprint density at radius 1 is 0.814 bits per heavy atom. The first-order valence-electron chi connectivity index (χ1n) is 15.9. The smallest absolute Gasteiger partial charge is 0.340 e. The van der Waals surface area contributed by atoms with E-state index in [0.717, 1.165) is 63.8 Å². The minimum atomic E-state index is -1.13.